The standard InChI is InChI=1S/C20H24O3/c1-5-22-19(21)15(2)23-18-13-11-17(12-14-18)20(3,4)16-9-7-6-8-10-16/h6-15H,5H2,1-4H3. The Morgan fingerprint density at radius 1 is 1.00 bits per heavy atom. The molecule has 0 aliphatic carbocycles. The Morgan fingerprint density at radius 2 is 1.57 bits per heavy atom. The highest BCUT2D eigenvalue weighted by molar-refractivity contribution is 5.74. The third-order valence-electron chi connectivity index (χ3n) is 4.00. The Kier molecular flexibility index (Phi) is 5.43. The van der Waals surface area contributed by atoms with Crippen LogP contribution in [0.25, 0.3) is 0 Å². The van der Waals surface area contributed by atoms with Crippen molar-refractivity contribution in [1.29, 1.82) is 0 Å². The molecule has 2 aromatic rings. The quantitative estimate of drug-likeness (QED) is 0.744. The summed E-state index contributed by atoms with van der Waals surface area (Å²) in [5.41, 5.74) is 2.36. The van der Waals surface area contributed by atoms with Crippen LogP contribution in [-0.2, 0) is 14.9 Å². The number of esters is 1. The normalized spacial score (nSPS) is 12.5. The van der Waals surface area contributed by atoms with Crippen LogP contribution in [0.4, 0.5) is 0 Å². The summed E-state index contributed by atoms with van der Waals surface area (Å²) in [5.74, 6) is 0.319. The molecule has 2 aromatic carbocycles. The van der Waals surface area contributed by atoms with E-state index in [0.717, 1.165) is 0 Å². The summed E-state index contributed by atoms with van der Waals surface area (Å²) < 4.78 is 10.6. The van der Waals surface area contributed by atoms with Crippen molar-refractivity contribution in [3.63, 3.8) is 0 Å². The van der Waals surface area contributed by atoms with Gasteiger partial charge in [-0.05, 0) is 37.1 Å². The first-order chi connectivity index (χ1) is 10.9. The van der Waals surface area contributed by atoms with E-state index in [1.54, 1.807) is 13.8 Å². The maximum absolute atomic E-state index is 11.6. The molecule has 0 aliphatic rings. The second kappa shape index (κ2) is 7.32. The SMILES string of the molecule is CCOC(=O)C(C)Oc1ccc(C(C)(C)c2ccccc2)cc1. The molecule has 0 heterocycles. The molecule has 0 amide bonds. The van der Waals surface area contributed by atoms with E-state index >= 15 is 0 Å². The molecule has 0 radical (unpaired) electrons. The molecular formula is C20H24O3. The predicted molar refractivity (Wildman–Crippen MR) is 91.7 cm³/mol. The number of benzene rings is 2. The van der Waals surface area contributed by atoms with Crippen molar-refractivity contribution in [2.75, 3.05) is 6.61 Å². The van der Waals surface area contributed by atoms with Gasteiger partial charge in [0.25, 0.3) is 0 Å². The first-order valence-corrected chi connectivity index (χ1v) is 7.94. The average Bonchev–Trinajstić information content (AvgIpc) is 2.56. The fourth-order valence-corrected chi connectivity index (χ4v) is 2.48. The summed E-state index contributed by atoms with van der Waals surface area (Å²) in [6.45, 7) is 8.22. The Labute approximate surface area is 138 Å². The second-order valence-electron chi connectivity index (χ2n) is 6.03. The number of carbonyl (C=O) groups excluding carboxylic acids is 1. The molecule has 2 rings (SSSR count). The fraction of sp³-hybridized carbons (Fsp3) is 0.350. The topological polar surface area (TPSA) is 35.5 Å². The average molecular weight is 312 g/mol. The van der Waals surface area contributed by atoms with Crippen molar-refractivity contribution in [3.05, 3.63) is 65.7 Å². The smallest absolute Gasteiger partial charge is 0.347 e. The lowest BCUT2D eigenvalue weighted by Gasteiger charge is -2.26. The lowest BCUT2D eigenvalue weighted by molar-refractivity contribution is -0.150. The minimum absolute atomic E-state index is 0.0907. The van der Waals surface area contributed by atoms with Crippen LogP contribution >= 0.6 is 0 Å². The van der Waals surface area contributed by atoms with Crippen LogP contribution in [0.15, 0.2) is 54.6 Å². The second-order valence-corrected chi connectivity index (χ2v) is 6.03. The highest BCUT2D eigenvalue weighted by Crippen LogP contribution is 2.32. The fourth-order valence-electron chi connectivity index (χ4n) is 2.48. The number of carbonyl (C=O) groups is 1. The van der Waals surface area contributed by atoms with Crippen LogP contribution < -0.4 is 4.74 Å². The van der Waals surface area contributed by atoms with E-state index in [1.165, 1.54) is 11.1 Å². The van der Waals surface area contributed by atoms with Crippen LogP contribution in [-0.4, -0.2) is 18.7 Å². The minimum Gasteiger partial charge on any atom is -0.479 e. The highest BCUT2D eigenvalue weighted by Gasteiger charge is 2.23. The van der Waals surface area contributed by atoms with Gasteiger partial charge in [0.05, 0.1) is 6.61 Å². The summed E-state index contributed by atoms with van der Waals surface area (Å²) >= 11 is 0. The summed E-state index contributed by atoms with van der Waals surface area (Å²) in [7, 11) is 0. The Morgan fingerprint density at radius 3 is 2.13 bits per heavy atom. The molecule has 3 heteroatoms. The van der Waals surface area contributed by atoms with E-state index < -0.39 is 6.10 Å². The molecular weight excluding hydrogens is 288 g/mol. The predicted octanol–water partition coefficient (Wildman–Crippen LogP) is 4.34. The maximum Gasteiger partial charge on any atom is 0.347 e. The molecule has 0 aromatic heterocycles. The molecule has 0 saturated carbocycles. The first-order valence-electron chi connectivity index (χ1n) is 7.94. The summed E-state index contributed by atoms with van der Waals surface area (Å²) in [6.07, 6.45) is -0.608. The molecule has 1 unspecified atom stereocenters. The highest BCUT2D eigenvalue weighted by atomic mass is 16.6. The van der Waals surface area contributed by atoms with E-state index in [0.29, 0.717) is 12.4 Å². The van der Waals surface area contributed by atoms with Gasteiger partial charge in [-0.2, -0.15) is 0 Å². The van der Waals surface area contributed by atoms with Gasteiger partial charge in [0.15, 0.2) is 6.10 Å². The van der Waals surface area contributed by atoms with Crippen LogP contribution in [0.2, 0.25) is 0 Å². The Hall–Kier alpha value is -2.29. The van der Waals surface area contributed by atoms with Gasteiger partial charge in [-0.1, -0.05) is 56.3 Å². The van der Waals surface area contributed by atoms with Crippen LogP contribution in [0.1, 0.15) is 38.8 Å². The first kappa shape index (κ1) is 17.1. The van der Waals surface area contributed by atoms with Crippen molar-refractivity contribution in [2.45, 2.75) is 39.2 Å². The lowest BCUT2D eigenvalue weighted by Crippen LogP contribution is -2.26. The Balaban J connectivity index is 2.12. The summed E-state index contributed by atoms with van der Waals surface area (Å²) in [6, 6.07) is 18.3. The van der Waals surface area contributed by atoms with E-state index in [-0.39, 0.29) is 11.4 Å². The maximum atomic E-state index is 11.6. The summed E-state index contributed by atoms with van der Waals surface area (Å²) in [5, 5.41) is 0. The van der Waals surface area contributed by atoms with Crippen LogP contribution in [0.3, 0.4) is 0 Å². The van der Waals surface area contributed by atoms with Gasteiger partial charge < -0.3 is 9.47 Å². The van der Waals surface area contributed by atoms with Crippen molar-refractivity contribution < 1.29 is 14.3 Å². The monoisotopic (exact) mass is 312 g/mol. The van der Waals surface area contributed by atoms with E-state index in [2.05, 4.69) is 38.1 Å². The molecule has 3 nitrogen and oxygen atoms in total. The van der Waals surface area contributed by atoms with Crippen molar-refractivity contribution in [2.24, 2.45) is 0 Å². The Bertz CT molecular complexity index is 630. The third kappa shape index (κ3) is 4.13. The van der Waals surface area contributed by atoms with Crippen molar-refractivity contribution in [1.82, 2.24) is 0 Å². The molecule has 0 N–H and O–H groups in total. The molecule has 0 aliphatic heterocycles. The van der Waals surface area contributed by atoms with E-state index in [1.807, 2.05) is 30.3 Å². The number of ether oxygens (including phenoxy) is 2. The molecule has 0 spiro atoms. The van der Waals surface area contributed by atoms with E-state index in [9.17, 15) is 4.79 Å². The molecule has 1 atom stereocenters. The molecule has 122 valence electrons. The van der Waals surface area contributed by atoms with Gasteiger partial charge in [0, 0.05) is 5.41 Å². The molecule has 23 heavy (non-hydrogen) atoms. The largest absolute Gasteiger partial charge is 0.479 e. The van der Waals surface area contributed by atoms with Crippen molar-refractivity contribution >= 4 is 5.97 Å². The minimum atomic E-state index is -0.608. The molecule has 0 saturated heterocycles. The number of hydrogen-bond acceptors (Lipinski definition) is 3. The van der Waals surface area contributed by atoms with Crippen LogP contribution in [0.5, 0.6) is 5.75 Å². The summed E-state index contributed by atoms with van der Waals surface area (Å²) in [4.78, 5) is 11.6. The van der Waals surface area contributed by atoms with Gasteiger partial charge in [-0.15, -0.1) is 0 Å². The van der Waals surface area contributed by atoms with Crippen molar-refractivity contribution in [3.8, 4) is 5.75 Å². The number of rotatable bonds is 6. The molecule has 0 fully saturated rings. The zero-order valence-corrected chi connectivity index (χ0v) is 14.2. The van der Waals surface area contributed by atoms with Gasteiger partial charge in [-0.25, -0.2) is 4.79 Å². The van der Waals surface area contributed by atoms with Gasteiger partial charge in [-0.3, -0.25) is 0 Å². The lowest BCUT2D eigenvalue weighted by atomic mass is 9.78. The third-order valence-corrected chi connectivity index (χ3v) is 4.00. The molecule has 0 bridgehead atoms. The van der Waals surface area contributed by atoms with Crippen LogP contribution in [0, 0.1) is 0 Å². The van der Waals surface area contributed by atoms with Gasteiger partial charge in [0.1, 0.15) is 5.75 Å². The zero-order chi connectivity index (χ0) is 16.9. The zero-order valence-electron chi connectivity index (χ0n) is 14.2. The van der Waals surface area contributed by atoms with Gasteiger partial charge in [0.2, 0.25) is 0 Å². The van der Waals surface area contributed by atoms with E-state index in [4.69, 9.17) is 9.47 Å². The van der Waals surface area contributed by atoms with Gasteiger partial charge >= 0.3 is 5.97 Å². The number of hydrogen-bond donors (Lipinski definition) is 0.